The summed E-state index contributed by atoms with van der Waals surface area (Å²) < 4.78 is 5.72. The Kier molecular flexibility index (Phi) is 1.96. The van der Waals surface area contributed by atoms with Crippen molar-refractivity contribution in [2.45, 2.75) is 39.0 Å². The number of nitrogens with zero attached hydrogens (tertiary/aromatic N) is 1. The fraction of sp³-hybridized carbons (Fsp3) is 0.727. The number of rotatable bonds is 1. The molecule has 2 fully saturated rings. The van der Waals surface area contributed by atoms with E-state index in [1.54, 1.807) is 0 Å². The molecule has 2 saturated heterocycles. The van der Waals surface area contributed by atoms with Crippen LogP contribution in [0.1, 0.15) is 27.2 Å². The fourth-order valence-corrected chi connectivity index (χ4v) is 2.39. The predicted molar refractivity (Wildman–Crippen MR) is 53.6 cm³/mol. The van der Waals surface area contributed by atoms with Crippen LogP contribution in [0.4, 0.5) is 0 Å². The molecule has 0 N–H and O–H groups in total. The van der Waals surface area contributed by atoms with E-state index in [0.29, 0.717) is 24.5 Å². The third kappa shape index (κ3) is 1.12. The van der Waals surface area contributed by atoms with Crippen molar-refractivity contribution in [3.8, 4) is 0 Å². The highest BCUT2D eigenvalue weighted by atomic mass is 16.5. The summed E-state index contributed by atoms with van der Waals surface area (Å²) in [7, 11) is 0. The van der Waals surface area contributed by atoms with Crippen LogP contribution in [0.15, 0.2) is 12.2 Å². The molecule has 0 aromatic carbocycles. The molecule has 0 bridgehead atoms. The van der Waals surface area contributed by atoms with Crippen molar-refractivity contribution >= 4 is 5.91 Å². The van der Waals surface area contributed by atoms with Gasteiger partial charge in [0.05, 0.1) is 12.6 Å². The lowest BCUT2D eigenvalue weighted by molar-refractivity contribution is -0.135. The van der Waals surface area contributed by atoms with E-state index in [1.165, 1.54) is 0 Å². The average Bonchev–Trinajstić information content (AvgIpc) is 2.50. The Morgan fingerprint density at radius 2 is 2.29 bits per heavy atom. The summed E-state index contributed by atoms with van der Waals surface area (Å²) in [5, 5.41) is 0. The second-order valence-corrected chi connectivity index (χ2v) is 4.75. The summed E-state index contributed by atoms with van der Waals surface area (Å²) >= 11 is 0. The lowest BCUT2D eigenvalue weighted by Crippen LogP contribution is -2.45. The maximum Gasteiger partial charge on any atom is 0.251 e. The van der Waals surface area contributed by atoms with Gasteiger partial charge in [-0.25, -0.2) is 0 Å². The zero-order chi connectivity index (χ0) is 10.5. The van der Waals surface area contributed by atoms with Gasteiger partial charge in [-0.3, -0.25) is 4.79 Å². The number of amides is 1. The molecule has 2 atom stereocenters. The maximum atomic E-state index is 11.9. The van der Waals surface area contributed by atoms with Crippen molar-refractivity contribution in [1.82, 2.24) is 4.90 Å². The van der Waals surface area contributed by atoms with Gasteiger partial charge < -0.3 is 9.64 Å². The Bertz CT molecular complexity index is 298. The van der Waals surface area contributed by atoms with Gasteiger partial charge in [0.2, 0.25) is 0 Å². The Labute approximate surface area is 84.7 Å². The van der Waals surface area contributed by atoms with Crippen molar-refractivity contribution in [3.05, 3.63) is 12.2 Å². The number of hydrogen-bond donors (Lipinski definition) is 0. The van der Waals surface area contributed by atoms with Gasteiger partial charge in [0, 0.05) is 12.0 Å². The highest BCUT2D eigenvalue weighted by Crippen LogP contribution is 2.41. The third-order valence-electron chi connectivity index (χ3n) is 3.24. The van der Waals surface area contributed by atoms with Gasteiger partial charge in [-0.05, 0) is 12.8 Å². The van der Waals surface area contributed by atoms with E-state index >= 15 is 0 Å². The normalized spacial score (nSPS) is 37.1. The highest BCUT2D eigenvalue weighted by Gasteiger charge is 2.53. The Hall–Kier alpha value is -0.830. The molecule has 2 aliphatic rings. The molecule has 1 amide bonds. The molecule has 0 aliphatic carbocycles. The van der Waals surface area contributed by atoms with Crippen molar-refractivity contribution in [1.29, 1.82) is 0 Å². The van der Waals surface area contributed by atoms with Crippen LogP contribution in [-0.2, 0) is 9.53 Å². The summed E-state index contributed by atoms with van der Waals surface area (Å²) in [5.74, 6) is 0.510. The number of carbonyl (C=O) groups excluding carboxylic acids is 1. The van der Waals surface area contributed by atoms with Crippen LogP contribution < -0.4 is 0 Å². The standard InChI is InChI=1S/C11H17NO2/c1-7(2)9-6-14-11(4)5-8(3)10(13)12(9)11/h7,9H,3,5-6H2,1-2,4H3/t9-,11-/m1/s1. The molecular formula is C11H17NO2. The largest absolute Gasteiger partial charge is 0.353 e. The molecule has 78 valence electrons. The second-order valence-electron chi connectivity index (χ2n) is 4.75. The van der Waals surface area contributed by atoms with Crippen molar-refractivity contribution < 1.29 is 9.53 Å². The Morgan fingerprint density at radius 3 is 2.86 bits per heavy atom. The van der Waals surface area contributed by atoms with E-state index in [0.717, 1.165) is 0 Å². The minimum Gasteiger partial charge on any atom is -0.353 e. The van der Waals surface area contributed by atoms with Crippen molar-refractivity contribution in [3.63, 3.8) is 0 Å². The molecule has 0 unspecified atom stereocenters. The van der Waals surface area contributed by atoms with Crippen LogP contribution >= 0.6 is 0 Å². The molecule has 2 rings (SSSR count). The first-order valence-electron chi connectivity index (χ1n) is 5.11. The molecule has 3 heteroatoms. The summed E-state index contributed by atoms with van der Waals surface area (Å²) in [5.41, 5.74) is 0.265. The van der Waals surface area contributed by atoms with Crippen LogP contribution in [0.2, 0.25) is 0 Å². The topological polar surface area (TPSA) is 29.5 Å². The van der Waals surface area contributed by atoms with Crippen LogP contribution in [0.5, 0.6) is 0 Å². The van der Waals surface area contributed by atoms with Gasteiger partial charge in [-0.15, -0.1) is 0 Å². The quantitative estimate of drug-likeness (QED) is 0.594. The van der Waals surface area contributed by atoms with Crippen LogP contribution in [0.25, 0.3) is 0 Å². The van der Waals surface area contributed by atoms with Gasteiger partial charge in [0.15, 0.2) is 0 Å². The summed E-state index contributed by atoms with van der Waals surface area (Å²) in [6.07, 6.45) is 0.648. The van der Waals surface area contributed by atoms with Crippen molar-refractivity contribution in [2.75, 3.05) is 6.61 Å². The summed E-state index contributed by atoms with van der Waals surface area (Å²) in [6.45, 7) is 10.7. The van der Waals surface area contributed by atoms with Crippen LogP contribution in [-0.4, -0.2) is 29.2 Å². The molecule has 2 heterocycles. The molecule has 0 aromatic rings. The Balaban J connectivity index is 2.32. The first-order valence-corrected chi connectivity index (χ1v) is 5.11. The van der Waals surface area contributed by atoms with E-state index in [2.05, 4.69) is 20.4 Å². The average molecular weight is 195 g/mol. The number of fused-ring (bicyclic) bond motifs is 1. The number of ether oxygens (including phenoxy) is 1. The molecule has 0 saturated carbocycles. The van der Waals surface area contributed by atoms with E-state index in [4.69, 9.17) is 4.74 Å². The maximum absolute atomic E-state index is 11.9. The molecule has 0 radical (unpaired) electrons. The van der Waals surface area contributed by atoms with Gasteiger partial charge in [0.1, 0.15) is 5.72 Å². The van der Waals surface area contributed by atoms with Crippen LogP contribution in [0.3, 0.4) is 0 Å². The van der Waals surface area contributed by atoms with Gasteiger partial charge >= 0.3 is 0 Å². The minimum atomic E-state index is -0.414. The fourth-order valence-electron chi connectivity index (χ4n) is 2.39. The molecule has 14 heavy (non-hydrogen) atoms. The van der Waals surface area contributed by atoms with Crippen LogP contribution in [0, 0.1) is 5.92 Å². The zero-order valence-corrected chi connectivity index (χ0v) is 9.04. The van der Waals surface area contributed by atoms with E-state index in [1.807, 2.05) is 11.8 Å². The summed E-state index contributed by atoms with van der Waals surface area (Å²) in [6, 6.07) is 0.215. The van der Waals surface area contributed by atoms with E-state index < -0.39 is 5.72 Å². The number of hydrogen-bond acceptors (Lipinski definition) is 2. The molecule has 0 spiro atoms. The number of carbonyl (C=O) groups is 1. The monoisotopic (exact) mass is 195 g/mol. The summed E-state index contributed by atoms with van der Waals surface area (Å²) in [4.78, 5) is 13.7. The highest BCUT2D eigenvalue weighted by molar-refractivity contribution is 5.96. The van der Waals surface area contributed by atoms with Crippen molar-refractivity contribution in [2.24, 2.45) is 5.92 Å². The lowest BCUT2D eigenvalue weighted by Gasteiger charge is -2.30. The zero-order valence-electron chi connectivity index (χ0n) is 9.04. The van der Waals surface area contributed by atoms with Gasteiger partial charge in [-0.1, -0.05) is 20.4 Å². The first kappa shape index (κ1) is 9.71. The van der Waals surface area contributed by atoms with Gasteiger partial charge in [-0.2, -0.15) is 0 Å². The van der Waals surface area contributed by atoms with E-state index in [9.17, 15) is 4.79 Å². The molecule has 0 aromatic heterocycles. The Morgan fingerprint density at radius 1 is 1.64 bits per heavy atom. The smallest absolute Gasteiger partial charge is 0.251 e. The molecular weight excluding hydrogens is 178 g/mol. The predicted octanol–water partition coefficient (Wildman–Crippen LogP) is 1.55. The van der Waals surface area contributed by atoms with Gasteiger partial charge in [0.25, 0.3) is 5.91 Å². The lowest BCUT2D eigenvalue weighted by atomic mass is 10.0. The minimum absolute atomic E-state index is 0.0729. The second kappa shape index (κ2) is 2.83. The third-order valence-corrected chi connectivity index (χ3v) is 3.24. The molecule has 3 nitrogen and oxygen atoms in total. The first-order chi connectivity index (χ1) is 6.46. The van der Waals surface area contributed by atoms with E-state index in [-0.39, 0.29) is 11.9 Å². The SMILES string of the molecule is C=C1C[C@@]2(C)OC[C@H](C(C)C)N2C1=O. The molecule has 2 aliphatic heterocycles.